The van der Waals surface area contributed by atoms with Gasteiger partial charge in [-0.1, -0.05) is 30.4 Å². The van der Waals surface area contributed by atoms with Gasteiger partial charge in [-0.25, -0.2) is 0 Å². The van der Waals surface area contributed by atoms with Gasteiger partial charge in [0.2, 0.25) is 0 Å². The SMILES string of the molecule is N#Cc1ccc2c(c1)C1C=CC2C2C=CC12. The molecule has 4 aliphatic carbocycles. The first kappa shape index (κ1) is 8.35. The molecule has 0 aliphatic heterocycles. The second-order valence-corrected chi connectivity index (χ2v) is 4.93. The van der Waals surface area contributed by atoms with Crippen molar-refractivity contribution in [1.82, 2.24) is 0 Å². The van der Waals surface area contributed by atoms with E-state index in [2.05, 4.69) is 42.5 Å². The van der Waals surface area contributed by atoms with Gasteiger partial charge in [-0.15, -0.1) is 0 Å². The van der Waals surface area contributed by atoms with Gasteiger partial charge in [0.1, 0.15) is 0 Å². The van der Waals surface area contributed by atoms with Crippen LogP contribution in [0.15, 0.2) is 42.5 Å². The number of allylic oxidation sites excluding steroid dienone is 4. The van der Waals surface area contributed by atoms with Gasteiger partial charge in [-0.3, -0.25) is 0 Å². The molecule has 2 bridgehead atoms. The molecule has 0 spiro atoms. The van der Waals surface area contributed by atoms with E-state index >= 15 is 0 Å². The highest BCUT2D eigenvalue weighted by molar-refractivity contribution is 5.53. The predicted octanol–water partition coefficient (Wildman–Crippen LogP) is 3.11. The summed E-state index contributed by atoms with van der Waals surface area (Å²) in [5.41, 5.74) is 3.62. The Kier molecular flexibility index (Phi) is 1.38. The smallest absolute Gasteiger partial charge is 0.0991 e. The van der Waals surface area contributed by atoms with E-state index in [-0.39, 0.29) is 0 Å². The molecule has 0 amide bonds. The van der Waals surface area contributed by atoms with Crippen molar-refractivity contribution < 1.29 is 0 Å². The van der Waals surface area contributed by atoms with Crippen LogP contribution in [-0.2, 0) is 0 Å². The van der Waals surface area contributed by atoms with Gasteiger partial charge in [0.05, 0.1) is 11.6 Å². The Morgan fingerprint density at radius 2 is 1.56 bits per heavy atom. The Labute approximate surface area is 94.7 Å². The third kappa shape index (κ3) is 0.818. The minimum Gasteiger partial charge on any atom is -0.192 e. The molecule has 76 valence electrons. The molecule has 1 aromatic rings. The lowest BCUT2D eigenvalue weighted by atomic mass is 9.55. The number of benzene rings is 1. The topological polar surface area (TPSA) is 23.8 Å². The van der Waals surface area contributed by atoms with Crippen LogP contribution in [0, 0.1) is 23.2 Å². The van der Waals surface area contributed by atoms with Crippen LogP contribution in [0.4, 0.5) is 0 Å². The zero-order valence-corrected chi connectivity index (χ0v) is 8.80. The lowest BCUT2D eigenvalue weighted by Crippen LogP contribution is -2.37. The van der Waals surface area contributed by atoms with Gasteiger partial charge in [0.25, 0.3) is 0 Å². The van der Waals surface area contributed by atoms with E-state index in [4.69, 9.17) is 5.26 Å². The molecule has 4 aliphatic rings. The maximum Gasteiger partial charge on any atom is 0.0991 e. The summed E-state index contributed by atoms with van der Waals surface area (Å²) in [6.45, 7) is 0. The Hall–Kier alpha value is -1.81. The number of nitrogens with zero attached hydrogens (tertiary/aromatic N) is 1. The molecular weight excluding hydrogens is 194 g/mol. The minimum absolute atomic E-state index is 0.517. The lowest BCUT2D eigenvalue weighted by molar-refractivity contribution is 0.317. The van der Waals surface area contributed by atoms with Gasteiger partial charge >= 0.3 is 0 Å². The fourth-order valence-corrected chi connectivity index (χ4v) is 3.44. The van der Waals surface area contributed by atoms with E-state index in [1.165, 1.54) is 11.1 Å². The predicted molar refractivity (Wildman–Crippen MR) is 61.9 cm³/mol. The average Bonchev–Trinajstić information content (AvgIpc) is 2.29. The van der Waals surface area contributed by atoms with Gasteiger partial charge in [-0.2, -0.15) is 5.26 Å². The normalized spacial score (nSPS) is 36.2. The maximum atomic E-state index is 8.96. The Bertz CT molecular complexity index is 574. The maximum absolute atomic E-state index is 8.96. The second kappa shape index (κ2) is 2.65. The van der Waals surface area contributed by atoms with Crippen molar-refractivity contribution in [3.05, 3.63) is 59.2 Å². The van der Waals surface area contributed by atoms with Crippen molar-refractivity contribution in [2.24, 2.45) is 11.8 Å². The summed E-state index contributed by atoms with van der Waals surface area (Å²) in [6.07, 6.45) is 9.35. The first-order chi connectivity index (χ1) is 7.88. The number of nitriles is 1. The van der Waals surface area contributed by atoms with Crippen LogP contribution in [0.25, 0.3) is 0 Å². The molecular formula is C15H11N. The van der Waals surface area contributed by atoms with Crippen LogP contribution in [0.3, 0.4) is 0 Å². The molecule has 1 nitrogen and oxygen atoms in total. The van der Waals surface area contributed by atoms with Crippen LogP contribution in [0.1, 0.15) is 28.5 Å². The van der Waals surface area contributed by atoms with Crippen molar-refractivity contribution in [1.29, 1.82) is 5.26 Å². The quantitative estimate of drug-likeness (QED) is 0.597. The second-order valence-electron chi connectivity index (χ2n) is 4.93. The van der Waals surface area contributed by atoms with Gasteiger partial charge in [0, 0.05) is 11.8 Å². The summed E-state index contributed by atoms with van der Waals surface area (Å²) in [5, 5.41) is 8.96. The molecule has 16 heavy (non-hydrogen) atoms. The molecule has 4 atom stereocenters. The van der Waals surface area contributed by atoms with Crippen LogP contribution >= 0.6 is 0 Å². The fraction of sp³-hybridized carbons (Fsp3) is 0.267. The first-order valence-corrected chi connectivity index (χ1v) is 5.79. The number of hydrogen-bond donors (Lipinski definition) is 0. The van der Waals surface area contributed by atoms with E-state index in [1.54, 1.807) is 0 Å². The summed E-state index contributed by atoms with van der Waals surface area (Å²) in [5.74, 6) is 2.48. The van der Waals surface area contributed by atoms with Crippen LogP contribution in [0.5, 0.6) is 0 Å². The van der Waals surface area contributed by atoms with Crippen molar-refractivity contribution in [3.63, 3.8) is 0 Å². The highest BCUT2D eigenvalue weighted by Gasteiger charge is 2.45. The zero-order valence-electron chi connectivity index (χ0n) is 8.80. The number of hydrogen-bond acceptors (Lipinski definition) is 1. The minimum atomic E-state index is 0.517. The molecule has 4 unspecified atom stereocenters. The molecule has 0 aromatic heterocycles. The van der Waals surface area contributed by atoms with Crippen LogP contribution < -0.4 is 0 Å². The lowest BCUT2D eigenvalue weighted by Gasteiger charge is -2.48. The highest BCUT2D eigenvalue weighted by atomic mass is 14.5. The summed E-state index contributed by atoms with van der Waals surface area (Å²) in [7, 11) is 0. The highest BCUT2D eigenvalue weighted by Crippen LogP contribution is 2.56. The molecule has 0 saturated carbocycles. The molecule has 0 N–H and O–H groups in total. The molecule has 5 rings (SSSR count). The largest absolute Gasteiger partial charge is 0.192 e. The van der Waals surface area contributed by atoms with E-state index in [0.29, 0.717) is 17.8 Å². The van der Waals surface area contributed by atoms with Crippen LogP contribution in [-0.4, -0.2) is 0 Å². The average molecular weight is 205 g/mol. The summed E-state index contributed by atoms with van der Waals surface area (Å²) in [6, 6.07) is 8.42. The third-order valence-electron chi connectivity index (χ3n) is 4.29. The van der Waals surface area contributed by atoms with Crippen molar-refractivity contribution >= 4 is 0 Å². The van der Waals surface area contributed by atoms with Crippen molar-refractivity contribution in [3.8, 4) is 6.07 Å². The molecule has 0 fully saturated rings. The van der Waals surface area contributed by atoms with Gasteiger partial charge < -0.3 is 0 Å². The summed E-state index contributed by atoms with van der Waals surface area (Å²) >= 11 is 0. The molecule has 0 saturated heterocycles. The van der Waals surface area contributed by atoms with Gasteiger partial charge in [-0.05, 0) is 35.1 Å². The molecule has 0 radical (unpaired) electrons. The Morgan fingerprint density at radius 1 is 0.875 bits per heavy atom. The molecule has 1 heteroatoms. The van der Waals surface area contributed by atoms with E-state index in [9.17, 15) is 0 Å². The monoisotopic (exact) mass is 205 g/mol. The fourth-order valence-electron chi connectivity index (χ4n) is 3.44. The Morgan fingerprint density at radius 3 is 2.19 bits per heavy atom. The third-order valence-corrected chi connectivity index (χ3v) is 4.29. The zero-order chi connectivity index (χ0) is 10.7. The standard InChI is InChI=1S/C15H11N/c16-8-9-1-2-13-11-5-6-14(15(13)7-9)12-4-3-10(11)12/h1-7,10-12,14H. The molecule has 1 aromatic carbocycles. The first-order valence-electron chi connectivity index (χ1n) is 5.79. The molecule has 0 heterocycles. The summed E-state index contributed by atoms with van der Waals surface area (Å²) < 4.78 is 0. The Balaban J connectivity index is 1.95. The van der Waals surface area contributed by atoms with E-state index in [0.717, 1.165) is 11.5 Å². The van der Waals surface area contributed by atoms with Crippen molar-refractivity contribution in [2.75, 3.05) is 0 Å². The number of rotatable bonds is 0. The van der Waals surface area contributed by atoms with E-state index < -0.39 is 0 Å². The van der Waals surface area contributed by atoms with Crippen LogP contribution in [0.2, 0.25) is 0 Å². The van der Waals surface area contributed by atoms with E-state index in [1.807, 2.05) is 6.07 Å². The van der Waals surface area contributed by atoms with Gasteiger partial charge in [0.15, 0.2) is 0 Å². The van der Waals surface area contributed by atoms with Crippen molar-refractivity contribution in [2.45, 2.75) is 11.8 Å². The summed E-state index contributed by atoms with van der Waals surface area (Å²) in [4.78, 5) is 0.